The third-order valence-corrected chi connectivity index (χ3v) is 7.57. The second kappa shape index (κ2) is 9.23. The zero-order chi connectivity index (χ0) is 23.8. The minimum Gasteiger partial charge on any atom is -0.385 e. The van der Waals surface area contributed by atoms with E-state index in [1.807, 2.05) is 0 Å². The van der Waals surface area contributed by atoms with Gasteiger partial charge in [-0.1, -0.05) is 0 Å². The number of amides is 2. The van der Waals surface area contributed by atoms with Crippen molar-refractivity contribution < 1.29 is 76.0 Å². The van der Waals surface area contributed by atoms with Crippen LogP contribution in [0.3, 0.4) is 0 Å². The first-order chi connectivity index (χ1) is 14.0. The van der Waals surface area contributed by atoms with Gasteiger partial charge in [0.2, 0.25) is 5.79 Å². The molecule has 1 fully saturated rings. The molecule has 31 heavy (non-hydrogen) atoms. The fourth-order valence-electron chi connectivity index (χ4n) is 2.49. The van der Waals surface area contributed by atoms with Gasteiger partial charge in [0.1, 0.15) is 25.0 Å². The van der Waals surface area contributed by atoms with Crippen molar-refractivity contribution in [3.8, 4) is 0 Å². The monoisotopic (exact) mass is 516 g/mol. The topological polar surface area (TPSA) is 271 Å². The summed E-state index contributed by atoms with van der Waals surface area (Å²) in [5.74, 6) is -2.43. The Morgan fingerprint density at radius 3 is 2.26 bits per heavy atom. The molecular weight excluding hydrogens is 497 g/mol. The van der Waals surface area contributed by atoms with Gasteiger partial charge in [-0.05, 0) is 6.08 Å². The third-order valence-electron chi connectivity index (χ3n) is 3.79. The standard InChI is InChI=1S/C10H19N2O16P3/c1-24-10(4-25-30(20,21)28-31(22,23)27-29(17,18)19)7(15)6(14)8(26-10)12-3-2-5(13)11-9(12)16/h2-3,5-8,13-15H,4H2,1H3,(H,11,16)(H,20,21)(H,22,23)(H2,17,18,19)/t5?,6-,7+,8-,10-/m1/s1. The van der Waals surface area contributed by atoms with E-state index in [0.717, 1.165) is 19.4 Å². The second-order valence-electron chi connectivity index (χ2n) is 5.97. The molecule has 0 aromatic rings. The van der Waals surface area contributed by atoms with E-state index in [1.165, 1.54) is 0 Å². The molecule has 18 nitrogen and oxygen atoms in total. The molecule has 2 rings (SSSR count). The van der Waals surface area contributed by atoms with Crippen molar-refractivity contribution in [2.24, 2.45) is 0 Å². The van der Waals surface area contributed by atoms with E-state index in [-0.39, 0.29) is 0 Å². The lowest BCUT2D eigenvalue weighted by molar-refractivity contribution is -0.267. The minimum atomic E-state index is -5.79. The van der Waals surface area contributed by atoms with E-state index >= 15 is 0 Å². The largest absolute Gasteiger partial charge is 0.490 e. The lowest BCUT2D eigenvalue weighted by atomic mass is 10.1. The summed E-state index contributed by atoms with van der Waals surface area (Å²) in [6, 6.07) is -0.953. The number of rotatable bonds is 9. The number of nitrogens with zero attached hydrogens (tertiary/aromatic N) is 1. The number of phosphoric ester groups is 1. The van der Waals surface area contributed by atoms with E-state index in [4.69, 9.17) is 24.2 Å². The number of carbonyl (C=O) groups excluding carboxylic acids is 1. The Bertz CT molecular complexity index is 861. The van der Waals surface area contributed by atoms with E-state index in [9.17, 15) is 38.7 Å². The fourth-order valence-corrected chi connectivity index (χ4v) is 5.53. The van der Waals surface area contributed by atoms with Crippen LogP contribution in [0.25, 0.3) is 0 Å². The Morgan fingerprint density at radius 2 is 1.74 bits per heavy atom. The smallest absolute Gasteiger partial charge is 0.385 e. The van der Waals surface area contributed by atoms with E-state index < -0.39 is 66.6 Å². The molecule has 1 saturated heterocycles. The van der Waals surface area contributed by atoms with Gasteiger partial charge in [-0.25, -0.2) is 18.5 Å². The van der Waals surface area contributed by atoms with Crippen molar-refractivity contribution in [3.63, 3.8) is 0 Å². The maximum atomic E-state index is 11.9. The number of nitrogens with one attached hydrogen (secondary N) is 1. The van der Waals surface area contributed by atoms with Gasteiger partial charge in [0.25, 0.3) is 0 Å². The predicted molar refractivity (Wildman–Crippen MR) is 92.0 cm³/mol. The highest BCUT2D eigenvalue weighted by Gasteiger charge is 2.58. The SMILES string of the molecule is CO[C@]1(COP(=O)(O)OP(=O)(O)OP(=O)(O)O)O[C@@H](N2C=CC(O)NC2=O)[C@H](O)[C@@H]1O. The summed E-state index contributed by atoms with van der Waals surface area (Å²) < 4.78 is 55.5. The average molecular weight is 516 g/mol. The Morgan fingerprint density at radius 1 is 1.13 bits per heavy atom. The fraction of sp³-hybridized carbons (Fsp3) is 0.700. The molecule has 0 spiro atoms. The highest BCUT2D eigenvalue weighted by Crippen LogP contribution is 2.66. The van der Waals surface area contributed by atoms with Crippen LogP contribution in [0.15, 0.2) is 12.3 Å². The normalized spacial score (nSPS) is 35.5. The number of urea groups is 1. The zero-order valence-electron chi connectivity index (χ0n) is 15.3. The molecule has 3 unspecified atom stereocenters. The molecule has 0 aliphatic carbocycles. The van der Waals surface area contributed by atoms with Gasteiger partial charge >= 0.3 is 29.5 Å². The summed E-state index contributed by atoms with van der Waals surface area (Å²) in [6.07, 6.45) is -4.79. The number of aliphatic hydroxyl groups is 3. The number of methoxy groups -OCH3 is 1. The molecule has 2 aliphatic rings. The summed E-state index contributed by atoms with van der Waals surface area (Å²) >= 11 is 0. The molecule has 0 radical (unpaired) electrons. The van der Waals surface area contributed by atoms with Crippen LogP contribution in [0.4, 0.5) is 4.79 Å². The highest BCUT2D eigenvalue weighted by atomic mass is 31.3. The summed E-state index contributed by atoms with van der Waals surface area (Å²) in [5, 5.41) is 31.9. The first kappa shape index (κ1) is 26.5. The molecule has 2 heterocycles. The molecule has 0 aromatic carbocycles. The van der Waals surface area contributed by atoms with Crippen LogP contribution in [0, 0.1) is 0 Å². The summed E-state index contributed by atoms with van der Waals surface area (Å²) in [5.41, 5.74) is 0. The van der Waals surface area contributed by atoms with Gasteiger partial charge in [-0.2, -0.15) is 8.62 Å². The Balaban J connectivity index is 2.14. The summed E-state index contributed by atoms with van der Waals surface area (Å²) in [7, 11) is -16.1. The number of phosphoric acid groups is 3. The van der Waals surface area contributed by atoms with Crippen molar-refractivity contribution in [2.75, 3.05) is 13.7 Å². The van der Waals surface area contributed by atoms with Gasteiger partial charge in [-0.3, -0.25) is 9.42 Å². The van der Waals surface area contributed by atoms with Crippen LogP contribution in [0.2, 0.25) is 0 Å². The van der Waals surface area contributed by atoms with E-state index in [0.29, 0.717) is 4.90 Å². The van der Waals surface area contributed by atoms with Crippen molar-refractivity contribution >= 4 is 29.5 Å². The molecular formula is C10H19N2O16P3. The van der Waals surface area contributed by atoms with Crippen LogP contribution in [-0.2, 0) is 36.3 Å². The van der Waals surface area contributed by atoms with E-state index in [2.05, 4.69) is 18.5 Å². The minimum absolute atomic E-state index is 0.714. The zero-order valence-corrected chi connectivity index (χ0v) is 17.9. The molecule has 0 saturated carbocycles. The average Bonchev–Trinajstić information content (AvgIpc) is 2.82. The van der Waals surface area contributed by atoms with Gasteiger partial charge in [0.15, 0.2) is 6.23 Å². The quantitative estimate of drug-likeness (QED) is 0.148. The maximum absolute atomic E-state index is 11.9. The van der Waals surface area contributed by atoms with Crippen LogP contribution >= 0.6 is 23.5 Å². The van der Waals surface area contributed by atoms with Crippen molar-refractivity contribution in [1.29, 1.82) is 0 Å². The van der Waals surface area contributed by atoms with E-state index in [1.54, 1.807) is 0 Å². The van der Waals surface area contributed by atoms with Crippen LogP contribution < -0.4 is 5.32 Å². The van der Waals surface area contributed by atoms with Crippen molar-refractivity contribution in [1.82, 2.24) is 10.2 Å². The van der Waals surface area contributed by atoms with Gasteiger partial charge < -0.3 is 49.7 Å². The van der Waals surface area contributed by atoms with Gasteiger partial charge in [0, 0.05) is 13.3 Å². The van der Waals surface area contributed by atoms with Gasteiger partial charge in [-0.15, -0.1) is 0 Å². The Kier molecular flexibility index (Phi) is 7.88. The first-order valence-corrected chi connectivity index (χ1v) is 12.4. The molecule has 180 valence electrons. The van der Waals surface area contributed by atoms with Crippen LogP contribution in [0.1, 0.15) is 0 Å². The molecule has 0 bridgehead atoms. The molecule has 8 N–H and O–H groups in total. The number of hydrogen-bond acceptors (Lipinski definition) is 12. The molecule has 2 aliphatic heterocycles. The van der Waals surface area contributed by atoms with Gasteiger partial charge in [0.05, 0.1) is 0 Å². The molecule has 0 aromatic heterocycles. The lowest BCUT2D eigenvalue weighted by Gasteiger charge is -2.33. The lowest BCUT2D eigenvalue weighted by Crippen LogP contribution is -2.53. The highest BCUT2D eigenvalue weighted by molar-refractivity contribution is 7.66. The first-order valence-electron chi connectivity index (χ1n) is 7.83. The summed E-state index contributed by atoms with van der Waals surface area (Å²) in [6.45, 7) is -1.26. The van der Waals surface area contributed by atoms with Crippen LogP contribution in [-0.4, -0.2) is 90.0 Å². The number of carbonyl (C=O) groups is 1. The van der Waals surface area contributed by atoms with Crippen molar-refractivity contribution in [2.45, 2.75) is 30.5 Å². The molecule has 2 amide bonds. The number of hydrogen-bond donors (Lipinski definition) is 8. The molecule has 21 heteroatoms. The molecule has 7 atom stereocenters. The number of aliphatic hydroxyl groups excluding tert-OH is 3. The van der Waals surface area contributed by atoms with Crippen molar-refractivity contribution in [3.05, 3.63) is 12.3 Å². The Labute approximate surface area is 173 Å². The third kappa shape index (κ3) is 6.61. The summed E-state index contributed by atoms with van der Waals surface area (Å²) in [4.78, 5) is 48.3. The second-order valence-corrected chi connectivity index (χ2v) is 10.4. The predicted octanol–water partition coefficient (Wildman–Crippen LogP) is -2.39. The van der Waals surface area contributed by atoms with Crippen LogP contribution in [0.5, 0.6) is 0 Å². The maximum Gasteiger partial charge on any atom is 0.490 e. The number of ether oxygens (including phenoxy) is 2. The Hall–Kier alpha value is -0.780.